The van der Waals surface area contributed by atoms with Crippen LogP contribution in [0.5, 0.6) is 0 Å². The van der Waals surface area contributed by atoms with Crippen LogP contribution >= 0.6 is 0 Å². The molecule has 1 aromatic carbocycles. The van der Waals surface area contributed by atoms with Gasteiger partial charge in [0, 0.05) is 13.1 Å². The number of anilines is 1. The summed E-state index contributed by atoms with van der Waals surface area (Å²) in [5, 5.41) is 25.5. The van der Waals surface area contributed by atoms with Gasteiger partial charge >= 0.3 is 0 Å². The van der Waals surface area contributed by atoms with Crippen LogP contribution < -0.4 is 10.2 Å². The van der Waals surface area contributed by atoms with Gasteiger partial charge in [0.2, 0.25) is 0 Å². The zero-order chi connectivity index (χ0) is 20.4. The van der Waals surface area contributed by atoms with E-state index in [4.69, 9.17) is 5.11 Å². The summed E-state index contributed by atoms with van der Waals surface area (Å²) in [5.41, 5.74) is 1.64. The zero-order valence-electron chi connectivity index (χ0n) is 15.7. The minimum absolute atomic E-state index is 0.0103. The number of rotatable bonds is 6. The molecule has 0 saturated carbocycles. The highest BCUT2D eigenvalue weighted by atomic mass is 19.1. The van der Waals surface area contributed by atoms with Crippen molar-refractivity contribution >= 4 is 17.4 Å². The van der Waals surface area contributed by atoms with Crippen LogP contribution in [0.4, 0.5) is 10.2 Å². The topological polar surface area (TPSA) is 103 Å². The molecular formula is C20H22FN5O3. The molecule has 0 radical (unpaired) electrons. The van der Waals surface area contributed by atoms with E-state index in [2.05, 4.69) is 20.3 Å². The molecule has 3 aromatic rings. The number of aromatic nitrogens is 3. The van der Waals surface area contributed by atoms with Gasteiger partial charge in [0.15, 0.2) is 11.3 Å². The van der Waals surface area contributed by atoms with Gasteiger partial charge < -0.3 is 20.4 Å². The fourth-order valence-corrected chi connectivity index (χ4v) is 3.64. The number of halogens is 1. The summed E-state index contributed by atoms with van der Waals surface area (Å²) in [6.07, 6.45) is 2.23. The molecule has 3 heterocycles. The van der Waals surface area contributed by atoms with Gasteiger partial charge in [0.25, 0.3) is 5.91 Å². The highest BCUT2D eigenvalue weighted by molar-refractivity contribution is 5.93. The third-order valence-electron chi connectivity index (χ3n) is 5.07. The first kappa shape index (κ1) is 19.3. The fourth-order valence-electron chi connectivity index (χ4n) is 3.64. The predicted octanol–water partition coefficient (Wildman–Crippen LogP) is 1.29. The molecule has 2 aromatic heterocycles. The second-order valence-corrected chi connectivity index (χ2v) is 7.06. The molecule has 8 nitrogen and oxygen atoms in total. The standard InChI is InChI=1S/C20H22FN5O3/c21-14-4-1-3-13(9-14)16-5-2-8-25(16)19-7-6-18-22-11-17(26(18)24-19)20(29)23-10-15(28)12-27/h1,3-4,6-7,9,11,15-16,27-28H,2,5,8,10,12H2,(H,23,29)/t15-,16+/m0/s1. The smallest absolute Gasteiger partial charge is 0.271 e. The van der Waals surface area contributed by atoms with Crippen molar-refractivity contribution < 1.29 is 19.4 Å². The molecule has 0 unspecified atom stereocenters. The van der Waals surface area contributed by atoms with E-state index in [1.807, 2.05) is 12.1 Å². The lowest BCUT2D eigenvalue weighted by molar-refractivity contribution is 0.0797. The third-order valence-corrected chi connectivity index (χ3v) is 5.07. The van der Waals surface area contributed by atoms with Gasteiger partial charge in [0.1, 0.15) is 11.6 Å². The van der Waals surface area contributed by atoms with E-state index in [0.29, 0.717) is 11.5 Å². The summed E-state index contributed by atoms with van der Waals surface area (Å²) < 4.78 is 15.1. The molecule has 152 valence electrons. The molecule has 1 aliphatic rings. The van der Waals surface area contributed by atoms with Crippen LogP contribution in [0.3, 0.4) is 0 Å². The van der Waals surface area contributed by atoms with Gasteiger partial charge in [-0.2, -0.15) is 0 Å². The minimum Gasteiger partial charge on any atom is -0.394 e. The number of carbonyl (C=O) groups excluding carboxylic acids is 1. The van der Waals surface area contributed by atoms with Crippen LogP contribution in [0.25, 0.3) is 5.65 Å². The van der Waals surface area contributed by atoms with E-state index in [9.17, 15) is 14.3 Å². The highest BCUT2D eigenvalue weighted by Crippen LogP contribution is 2.35. The number of aliphatic hydroxyl groups is 2. The summed E-state index contributed by atoms with van der Waals surface area (Å²) in [6.45, 7) is 0.265. The second-order valence-electron chi connectivity index (χ2n) is 7.06. The number of fused-ring (bicyclic) bond motifs is 1. The highest BCUT2D eigenvalue weighted by Gasteiger charge is 2.28. The summed E-state index contributed by atoms with van der Waals surface area (Å²) in [4.78, 5) is 18.7. The maximum absolute atomic E-state index is 13.7. The molecule has 0 spiro atoms. The molecule has 0 bridgehead atoms. The number of nitrogens with one attached hydrogen (secondary N) is 1. The molecule has 1 fully saturated rings. The van der Waals surface area contributed by atoms with Gasteiger partial charge in [0.05, 0.1) is 24.9 Å². The monoisotopic (exact) mass is 399 g/mol. The summed E-state index contributed by atoms with van der Waals surface area (Å²) in [7, 11) is 0. The van der Waals surface area contributed by atoms with Gasteiger partial charge in [-0.1, -0.05) is 12.1 Å². The van der Waals surface area contributed by atoms with E-state index in [0.717, 1.165) is 24.9 Å². The molecule has 1 aliphatic heterocycles. The fraction of sp³-hybridized carbons (Fsp3) is 0.350. The van der Waals surface area contributed by atoms with Crippen molar-refractivity contribution in [3.8, 4) is 0 Å². The lowest BCUT2D eigenvalue weighted by Crippen LogP contribution is -2.34. The van der Waals surface area contributed by atoms with Crippen molar-refractivity contribution in [3.63, 3.8) is 0 Å². The van der Waals surface area contributed by atoms with Crippen LogP contribution in [0.2, 0.25) is 0 Å². The Morgan fingerprint density at radius 3 is 3.00 bits per heavy atom. The normalized spacial score (nSPS) is 17.6. The predicted molar refractivity (Wildman–Crippen MR) is 104 cm³/mol. The van der Waals surface area contributed by atoms with Gasteiger partial charge in [-0.3, -0.25) is 4.79 Å². The van der Waals surface area contributed by atoms with Crippen molar-refractivity contribution in [2.75, 3.05) is 24.6 Å². The van der Waals surface area contributed by atoms with E-state index in [1.54, 1.807) is 18.2 Å². The first-order chi connectivity index (χ1) is 14.1. The Hall–Kier alpha value is -3.04. The Morgan fingerprint density at radius 1 is 1.34 bits per heavy atom. The molecule has 1 amide bonds. The van der Waals surface area contributed by atoms with Gasteiger partial charge in [-0.15, -0.1) is 5.10 Å². The minimum atomic E-state index is -1.03. The molecule has 29 heavy (non-hydrogen) atoms. The zero-order valence-corrected chi connectivity index (χ0v) is 15.7. The quantitative estimate of drug-likeness (QED) is 0.577. The van der Waals surface area contributed by atoms with E-state index < -0.39 is 18.6 Å². The first-order valence-electron chi connectivity index (χ1n) is 9.51. The average molecular weight is 399 g/mol. The molecule has 2 atom stereocenters. The second kappa shape index (κ2) is 8.14. The molecule has 0 aliphatic carbocycles. The van der Waals surface area contributed by atoms with E-state index >= 15 is 0 Å². The van der Waals surface area contributed by atoms with Crippen LogP contribution in [0.15, 0.2) is 42.6 Å². The first-order valence-corrected chi connectivity index (χ1v) is 9.51. The average Bonchev–Trinajstić information content (AvgIpc) is 3.38. The van der Waals surface area contributed by atoms with E-state index in [-0.39, 0.29) is 24.1 Å². The number of hydrogen-bond donors (Lipinski definition) is 3. The Bertz CT molecular complexity index is 1020. The Balaban J connectivity index is 1.62. The maximum atomic E-state index is 13.7. The van der Waals surface area contributed by atoms with E-state index in [1.165, 1.54) is 16.8 Å². The van der Waals surface area contributed by atoms with Crippen molar-refractivity contribution in [2.24, 2.45) is 0 Å². The van der Waals surface area contributed by atoms with Crippen LogP contribution in [0.1, 0.15) is 34.9 Å². The van der Waals surface area contributed by atoms with Gasteiger partial charge in [-0.25, -0.2) is 13.9 Å². The number of nitrogens with zero attached hydrogens (tertiary/aromatic N) is 4. The van der Waals surface area contributed by atoms with Crippen molar-refractivity contribution in [1.29, 1.82) is 0 Å². The Labute approximate surface area is 166 Å². The number of benzene rings is 1. The number of carbonyl (C=O) groups is 1. The molecule has 3 N–H and O–H groups in total. The number of imidazole rings is 1. The van der Waals surface area contributed by atoms with Crippen molar-refractivity contribution in [2.45, 2.75) is 25.0 Å². The molecule has 4 rings (SSSR count). The molecule has 9 heteroatoms. The largest absolute Gasteiger partial charge is 0.394 e. The van der Waals surface area contributed by atoms with Crippen molar-refractivity contribution in [3.05, 3.63) is 59.7 Å². The lowest BCUT2D eigenvalue weighted by Gasteiger charge is -2.26. The summed E-state index contributed by atoms with van der Waals surface area (Å²) in [6, 6.07) is 10.2. The summed E-state index contributed by atoms with van der Waals surface area (Å²) >= 11 is 0. The van der Waals surface area contributed by atoms with Crippen LogP contribution in [-0.4, -0.2) is 56.5 Å². The van der Waals surface area contributed by atoms with Gasteiger partial charge in [-0.05, 0) is 42.7 Å². The van der Waals surface area contributed by atoms with Crippen molar-refractivity contribution in [1.82, 2.24) is 19.9 Å². The molecule has 1 saturated heterocycles. The number of aliphatic hydroxyl groups excluding tert-OH is 2. The third kappa shape index (κ3) is 3.92. The Kier molecular flexibility index (Phi) is 5.41. The SMILES string of the molecule is O=C(NC[C@H](O)CO)c1cnc2ccc(N3CCC[C@@H]3c3cccc(F)c3)nn12. The lowest BCUT2D eigenvalue weighted by atomic mass is 10.0. The summed E-state index contributed by atoms with van der Waals surface area (Å²) in [5.74, 6) is -0.0409. The van der Waals surface area contributed by atoms with Crippen LogP contribution in [-0.2, 0) is 0 Å². The number of amides is 1. The molecular weight excluding hydrogens is 377 g/mol. The number of hydrogen-bond acceptors (Lipinski definition) is 6. The Morgan fingerprint density at radius 2 is 2.21 bits per heavy atom. The maximum Gasteiger partial charge on any atom is 0.271 e. The van der Waals surface area contributed by atoms with Crippen LogP contribution in [0, 0.1) is 5.82 Å².